The third kappa shape index (κ3) is 2.23. The lowest BCUT2D eigenvalue weighted by atomic mass is 10.0. The van der Waals surface area contributed by atoms with Crippen molar-refractivity contribution in [3.8, 4) is 0 Å². The molecule has 0 saturated carbocycles. The van der Waals surface area contributed by atoms with Crippen LogP contribution in [-0.2, 0) is 6.42 Å². The molecule has 15 heavy (non-hydrogen) atoms. The predicted octanol–water partition coefficient (Wildman–Crippen LogP) is 1.40. The summed E-state index contributed by atoms with van der Waals surface area (Å²) in [4.78, 5) is 2.24. The largest absolute Gasteiger partial charge is 0.399 e. The molecule has 1 aliphatic rings. The monoisotopic (exact) mass is 206 g/mol. The van der Waals surface area contributed by atoms with Crippen molar-refractivity contribution in [2.75, 3.05) is 23.7 Å². The number of aryl methyl sites for hydroxylation is 1. The van der Waals surface area contributed by atoms with Crippen LogP contribution in [-0.4, -0.2) is 24.3 Å². The summed E-state index contributed by atoms with van der Waals surface area (Å²) in [7, 11) is 0. The Balaban J connectivity index is 2.26. The molecule has 1 aromatic carbocycles. The molecular weight excluding hydrogens is 188 g/mol. The van der Waals surface area contributed by atoms with E-state index >= 15 is 0 Å². The van der Waals surface area contributed by atoms with Crippen molar-refractivity contribution in [2.45, 2.75) is 25.9 Å². The van der Waals surface area contributed by atoms with Crippen LogP contribution in [0.1, 0.15) is 18.9 Å². The van der Waals surface area contributed by atoms with Gasteiger partial charge < -0.3 is 15.7 Å². The average molecular weight is 206 g/mol. The lowest BCUT2D eigenvalue weighted by molar-refractivity contribution is 0.199. The van der Waals surface area contributed by atoms with Gasteiger partial charge in [-0.3, -0.25) is 0 Å². The summed E-state index contributed by atoms with van der Waals surface area (Å²) in [6.45, 7) is 3.56. The molecule has 0 saturated heterocycles. The fraction of sp³-hybridized carbons (Fsp3) is 0.500. The maximum atomic E-state index is 9.42. The second-order valence-electron chi connectivity index (χ2n) is 4.29. The summed E-state index contributed by atoms with van der Waals surface area (Å²) < 4.78 is 0. The zero-order valence-corrected chi connectivity index (χ0v) is 9.11. The highest BCUT2D eigenvalue weighted by molar-refractivity contribution is 5.61. The van der Waals surface area contributed by atoms with Gasteiger partial charge >= 0.3 is 0 Å². The average Bonchev–Trinajstić information content (AvgIpc) is 2.16. The van der Waals surface area contributed by atoms with Gasteiger partial charge in [-0.1, -0.05) is 0 Å². The van der Waals surface area contributed by atoms with Gasteiger partial charge in [0.1, 0.15) is 0 Å². The summed E-state index contributed by atoms with van der Waals surface area (Å²) >= 11 is 0. The molecular formula is C12H18N2O. The van der Waals surface area contributed by atoms with E-state index in [1.165, 1.54) is 11.3 Å². The Bertz CT molecular complexity index is 349. The van der Waals surface area contributed by atoms with Crippen LogP contribution in [0.25, 0.3) is 0 Å². The second-order valence-corrected chi connectivity index (χ2v) is 4.29. The highest BCUT2D eigenvalue weighted by atomic mass is 16.3. The first kappa shape index (κ1) is 10.3. The molecule has 1 aromatic rings. The number of nitrogen functional groups attached to an aromatic ring is 1. The first-order valence-electron chi connectivity index (χ1n) is 5.48. The molecule has 3 N–H and O–H groups in total. The van der Waals surface area contributed by atoms with E-state index < -0.39 is 0 Å². The standard InChI is InChI=1S/C12H18N2O/c1-9(15)8-14-6-2-3-10-7-11(13)4-5-12(10)14/h4-5,7,9,15H,2-3,6,8,13H2,1H3. The van der Waals surface area contributed by atoms with Crippen LogP contribution in [0.4, 0.5) is 11.4 Å². The van der Waals surface area contributed by atoms with Gasteiger partial charge in [-0.2, -0.15) is 0 Å². The maximum absolute atomic E-state index is 9.42. The van der Waals surface area contributed by atoms with Crippen molar-refractivity contribution >= 4 is 11.4 Å². The second kappa shape index (κ2) is 4.11. The number of nitrogens with two attached hydrogens (primary N) is 1. The Labute approximate surface area is 90.5 Å². The first-order valence-corrected chi connectivity index (χ1v) is 5.48. The van der Waals surface area contributed by atoms with Crippen LogP contribution in [0, 0.1) is 0 Å². The predicted molar refractivity (Wildman–Crippen MR) is 63.1 cm³/mol. The SMILES string of the molecule is CC(O)CN1CCCc2cc(N)ccc21. The highest BCUT2D eigenvalue weighted by Gasteiger charge is 2.17. The van der Waals surface area contributed by atoms with E-state index in [4.69, 9.17) is 5.73 Å². The number of rotatable bonds is 2. The minimum absolute atomic E-state index is 0.284. The Hall–Kier alpha value is -1.22. The van der Waals surface area contributed by atoms with E-state index in [9.17, 15) is 5.11 Å². The molecule has 0 aromatic heterocycles. The number of anilines is 2. The van der Waals surface area contributed by atoms with E-state index in [-0.39, 0.29) is 6.10 Å². The number of benzene rings is 1. The van der Waals surface area contributed by atoms with Gasteiger partial charge in [-0.05, 0) is 43.5 Å². The molecule has 0 amide bonds. The highest BCUT2D eigenvalue weighted by Crippen LogP contribution is 2.28. The van der Waals surface area contributed by atoms with Crippen LogP contribution in [0.15, 0.2) is 18.2 Å². The zero-order valence-electron chi connectivity index (χ0n) is 9.11. The normalized spacial score (nSPS) is 17.3. The van der Waals surface area contributed by atoms with E-state index in [0.717, 1.165) is 25.1 Å². The van der Waals surface area contributed by atoms with Crippen molar-refractivity contribution in [3.63, 3.8) is 0 Å². The molecule has 3 heteroatoms. The van der Waals surface area contributed by atoms with Gasteiger partial charge in [0.15, 0.2) is 0 Å². The van der Waals surface area contributed by atoms with Crippen LogP contribution >= 0.6 is 0 Å². The number of aliphatic hydroxyl groups excluding tert-OH is 1. The van der Waals surface area contributed by atoms with E-state index in [1.54, 1.807) is 0 Å². The van der Waals surface area contributed by atoms with Crippen molar-refractivity contribution in [1.29, 1.82) is 0 Å². The lowest BCUT2D eigenvalue weighted by Gasteiger charge is -2.32. The first-order chi connectivity index (χ1) is 7.16. The van der Waals surface area contributed by atoms with Crippen LogP contribution in [0.5, 0.6) is 0 Å². The number of β-amino-alcohol motifs (C(OH)–C–C–N with tert-alkyl or cyclic N) is 1. The van der Waals surface area contributed by atoms with Gasteiger partial charge in [0.25, 0.3) is 0 Å². The number of fused-ring (bicyclic) bond motifs is 1. The smallest absolute Gasteiger partial charge is 0.0687 e. The summed E-state index contributed by atoms with van der Waals surface area (Å²) in [5.41, 5.74) is 9.13. The van der Waals surface area contributed by atoms with Gasteiger partial charge in [-0.25, -0.2) is 0 Å². The van der Waals surface area contributed by atoms with Crippen molar-refractivity contribution < 1.29 is 5.11 Å². The van der Waals surface area contributed by atoms with Crippen LogP contribution < -0.4 is 10.6 Å². The van der Waals surface area contributed by atoms with E-state index in [2.05, 4.69) is 11.0 Å². The Morgan fingerprint density at radius 3 is 3.07 bits per heavy atom. The number of hydrogen-bond donors (Lipinski definition) is 2. The maximum Gasteiger partial charge on any atom is 0.0687 e. The van der Waals surface area contributed by atoms with Crippen LogP contribution in [0.2, 0.25) is 0 Å². The van der Waals surface area contributed by atoms with Gasteiger partial charge in [0, 0.05) is 24.5 Å². The quantitative estimate of drug-likeness (QED) is 0.719. The fourth-order valence-electron chi connectivity index (χ4n) is 2.20. The lowest BCUT2D eigenvalue weighted by Crippen LogP contribution is -2.35. The topological polar surface area (TPSA) is 49.5 Å². The molecule has 82 valence electrons. The van der Waals surface area contributed by atoms with Crippen molar-refractivity contribution in [2.24, 2.45) is 0 Å². The van der Waals surface area contributed by atoms with Gasteiger partial charge in [-0.15, -0.1) is 0 Å². The molecule has 1 heterocycles. The van der Waals surface area contributed by atoms with E-state index in [1.807, 2.05) is 19.1 Å². The summed E-state index contributed by atoms with van der Waals surface area (Å²) in [5, 5.41) is 9.42. The Morgan fingerprint density at radius 2 is 2.33 bits per heavy atom. The van der Waals surface area contributed by atoms with Crippen molar-refractivity contribution in [1.82, 2.24) is 0 Å². The minimum Gasteiger partial charge on any atom is -0.399 e. The molecule has 0 bridgehead atoms. The Morgan fingerprint density at radius 1 is 1.53 bits per heavy atom. The zero-order chi connectivity index (χ0) is 10.8. The molecule has 0 spiro atoms. The molecule has 0 fully saturated rings. The molecule has 2 rings (SSSR count). The molecule has 1 unspecified atom stereocenters. The Kier molecular flexibility index (Phi) is 2.82. The van der Waals surface area contributed by atoms with Gasteiger partial charge in [0.2, 0.25) is 0 Å². The molecule has 0 aliphatic carbocycles. The molecule has 0 radical (unpaired) electrons. The number of aliphatic hydroxyl groups is 1. The van der Waals surface area contributed by atoms with Crippen LogP contribution in [0.3, 0.4) is 0 Å². The van der Waals surface area contributed by atoms with Gasteiger partial charge in [0.05, 0.1) is 6.10 Å². The molecule has 1 atom stereocenters. The molecule has 1 aliphatic heterocycles. The fourth-order valence-corrected chi connectivity index (χ4v) is 2.20. The number of nitrogens with zero attached hydrogens (tertiary/aromatic N) is 1. The third-order valence-corrected chi connectivity index (χ3v) is 2.80. The third-order valence-electron chi connectivity index (χ3n) is 2.80. The summed E-state index contributed by atoms with van der Waals surface area (Å²) in [6.07, 6.45) is 1.95. The van der Waals surface area contributed by atoms with E-state index in [0.29, 0.717) is 6.54 Å². The molecule has 3 nitrogen and oxygen atoms in total. The minimum atomic E-state index is -0.284. The summed E-state index contributed by atoms with van der Waals surface area (Å²) in [6, 6.07) is 6.04. The summed E-state index contributed by atoms with van der Waals surface area (Å²) in [5.74, 6) is 0. The number of hydrogen-bond acceptors (Lipinski definition) is 3. The van der Waals surface area contributed by atoms with Crippen molar-refractivity contribution in [3.05, 3.63) is 23.8 Å².